The summed E-state index contributed by atoms with van der Waals surface area (Å²) in [4.78, 5) is 1.70. The van der Waals surface area contributed by atoms with E-state index in [1.54, 1.807) is 0 Å². The number of halogens is 1. The predicted octanol–water partition coefficient (Wildman–Crippen LogP) is 0.791. The Hall–Kier alpha value is -1.18. The fourth-order valence-corrected chi connectivity index (χ4v) is 2.76. The van der Waals surface area contributed by atoms with Crippen LogP contribution in [0, 0.1) is 5.82 Å². The van der Waals surface area contributed by atoms with Crippen molar-refractivity contribution in [2.24, 2.45) is 10.9 Å². The fourth-order valence-electron chi connectivity index (χ4n) is 2.23. The number of nitrogens with zero attached hydrogens (tertiary/aromatic N) is 1. The monoisotopic (exact) mass is 287 g/mol. The van der Waals surface area contributed by atoms with Crippen LogP contribution in [-0.4, -0.2) is 27.5 Å². The highest BCUT2D eigenvalue weighted by Crippen LogP contribution is 2.31. The third-order valence-electron chi connectivity index (χ3n) is 3.44. The van der Waals surface area contributed by atoms with Crippen molar-refractivity contribution in [3.63, 3.8) is 0 Å². The Labute approximate surface area is 112 Å². The summed E-state index contributed by atoms with van der Waals surface area (Å²) >= 11 is 0. The van der Waals surface area contributed by atoms with Crippen LogP contribution >= 0.6 is 0 Å². The number of anilines is 1. The van der Waals surface area contributed by atoms with Gasteiger partial charge in [0, 0.05) is 19.1 Å². The van der Waals surface area contributed by atoms with Crippen molar-refractivity contribution in [2.75, 3.05) is 18.0 Å². The molecule has 0 heterocycles. The van der Waals surface area contributed by atoms with Gasteiger partial charge in [-0.05, 0) is 37.5 Å². The lowest BCUT2D eigenvalue weighted by atomic mass is 9.91. The summed E-state index contributed by atoms with van der Waals surface area (Å²) in [5, 5.41) is 4.98. The fraction of sp³-hybridized carbons (Fsp3) is 0.500. The van der Waals surface area contributed by atoms with Crippen LogP contribution in [0.25, 0.3) is 0 Å². The minimum atomic E-state index is -3.88. The first-order valence-corrected chi connectivity index (χ1v) is 7.77. The Kier molecular flexibility index (Phi) is 4.07. The van der Waals surface area contributed by atoms with Crippen molar-refractivity contribution >= 4 is 15.7 Å². The third kappa shape index (κ3) is 3.05. The number of rotatable bonds is 5. The Bertz CT molecular complexity index is 558. The number of primary sulfonamides is 1. The molecule has 1 fully saturated rings. The minimum Gasteiger partial charge on any atom is -0.365 e. The lowest BCUT2D eigenvalue weighted by molar-refractivity contribution is 0.384. The van der Waals surface area contributed by atoms with Gasteiger partial charge in [-0.3, -0.25) is 0 Å². The molecule has 0 aliphatic heterocycles. The summed E-state index contributed by atoms with van der Waals surface area (Å²) < 4.78 is 36.4. The number of nitrogens with two attached hydrogens (primary N) is 2. The van der Waals surface area contributed by atoms with Gasteiger partial charge in [-0.15, -0.1) is 0 Å². The van der Waals surface area contributed by atoms with Gasteiger partial charge < -0.3 is 10.6 Å². The highest BCUT2D eigenvalue weighted by Gasteiger charge is 2.26. The van der Waals surface area contributed by atoms with Gasteiger partial charge in [0.2, 0.25) is 10.0 Å². The van der Waals surface area contributed by atoms with E-state index in [0.29, 0.717) is 24.8 Å². The molecule has 1 aliphatic carbocycles. The van der Waals surface area contributed by atoms with Crippen molar-refractivity contribution in [1.82, 2.24) is 0 Å². The standard InChI is InChI=1S/C12H18FN3O2S/c13-11-8-10(19(15,17)18)4-5-12(11)16(7-6-14)9-2-1-3-9/h4-5,8-9H,1-3,6-7,14H2,(H2,15,17,18). The Morgan fingerprint density at radius 1 is 1.37 bits per heavy atom. The zero-order valence-corrected chi connectivity index (χ0v) is 11.4. The molecule has 0 atom stereocenters. The molecule has 1 aromatic rings. The Balaban J connectivity index is 2.32. The van der Waals surface area contributed by atoms with Crippen molar-refractivity contribution in [2.45, 2.75) is 30.2 Å². The van der Waals surface area contributed by atoms with Gasteiger partial charge in [-0.1, -0.05) is 0 Å². The van der Waals surface area contributed by atoms with E-state index >= 15 is 0 Å². The first-order valence-electron chi connectivity index (χ1n) is 6.22. The molecule has 5 nitrogen and oxygen atoms in total. The molecule has 1 saturated carbocycles. The lowest BCUT2D eigenvalue weighted by Crippen LogP contribution is -2.43. The topological polar surface area (TPSA) is 89.4 Å². The molecule has 4 N–H and O–H groups in total. The molecule has 0 amide bonds. The maximum absolute atomic E-state index is 14.1. The molecule has 0 saturated heterocycles. The van der Waals surface area contributed by atoms with Crippen LogP contribution in [0.1, 0.15) is 19.3 Å². The van der Waals surface area contributed by atoms with E-state index in [0.717, 1.165) is 25.3 Å². The van der Waals surface area contributed by atoms with Gasteiger partial charge in [0.1, 0.15) is 5.82 Å². The molecular weight excluding hydrogens is 269 g/mol. The van der Waals surface area contributed by atoms with Crippen molar-refractivity contribution in [3.8, 4) is 0 Å². The molecule has 0 aromatic heterocycles. The molecule has 7 heteroatoms. The molecule has 106 valence electrons. The first-order chi connectivity index (χ1) is 8.93. The summed E-state index contributed by atoms with van der Waals surface area (Å²) in [6.07, 6.45) is 3.15. The highest BCUT2D eigenvalue weighted by molar-refractivity contribution is 7.89. The van der Waals surface area contributed by atoms with Gasteiger partial charge in [0.05, 0.1) is 10.6 Å². The highest BCUT2D eigenvalue weighted by atomic mass is 32.2. The van der Waals surface area contributed by atoms with Gasteiger partial charge >= 0.3 is 0 Å². The maximum atomic E-state index is 14.1. The second-order valence-electron chi connectivity index (χ2n) is 4.73. The van der Waals surface area contributed by atoms with E-state index in [1.165, 1.54) is 12.1 Å². The van der Waals surface area contributed by atoms with Gasteiger partial charge in [-0.25, -0.2) is 17.9 Å². The largest absolute Gasteiger partial charge is 0.365 e. The normalized spacial score (nSPS) is 16.2. The second-order valence-corrected chi connectivity index (χ2v) is 6.29. The van der Waals surface area contributed by atoms with E-state index in [4.69, 9.17) is 10.9 Å². The van der Waals surface area contributed by atoms with E-state index in [2.05, 4.69) is 0 Å². The van der Waals surface area contributed by atoms with Crippen LogP contribution in [-0.2, 0) is 10.0 Å². The average molecular weight is 287 g/mol. The molecule has 19 heavy (non-hydrogen) atoms. The number of sulfonamides is 1. The summed E-state index contributed by atoms with van der Waals surface area (Å²) in [5.74, 6) is -0.577. The van der Waals surface area contributed by atoms with Crippen LogP contribution in [0.3, 0.4) is 0 Å². The van der Waals surface area contributed by atoms with E-state index in [1.807, 2.05) is 4.90 Å². The van der Waals surface area contributed by atoms with Crippen LogP contribution in [0.2, 0.25) is 0 Å². The SMILES string of the molecule is NCCN(c1ccc(S(N)(=O)=O)cc1F)C1CCC1. The van der Waals surface area contributed by atoms with Crippen LogP contribution in [0.15, 0.2) is 23.1 Å². The molecule has 0 radical (unpaired) electrons. The zero-order chi connectivity index (χ0) is 14.0. The smallest absolute Gasteiger partial charge is 0.238 e. The van der Waals surface area contributed by atoms with Crippen LogP contribution in [0.5, 0.6) is 0 Å². The molecular formula is C12H18FN3O2S. The van der Waals surface area contributed by atoms with E-state index < -0.39 is 15.8 Å². The quantitative estimate of drug-likeness (QED) is 0.838. The maximum Gasteiger partial charge on any atom is 0.238 e. The summed E-state index contributed by atoms with van der Waals surface area (Å²) in [6, 6.07) is 4.05. The van der Waals surface area contributed by atoms with Gasteiger partial charge in [0.15, 0.2) is 0 Å². The number of hydrogen-bond donors (Lipinski definition) is 2. The minimum absolute atomic E-state index is 0.213. The summed E-state index contributed by atoms with van der Waals surface area (Å²) in [7, 11) is -3.88. The Morgan fingerprint density at radius 3 is 2.47 bits per heavy atom. The van der Waals surface area contributed by atoms with Crippen molar-refractivity contribution in [3.05, 3.63) is 24.0 Å². The molecule has 0 spiro atoms. The summed E-state index contributed by atoms with van der Waals surface area (Å²) in [5.41, 5.74) is 5.94. The number of hydrogen-bond acceptors (Lipinski definition) is 4. The predicted molar refractivity (Wildman–Crippen MR) is 71.8 cm³/mol. The van der Waals surface area contributed by atoms with Crippen LogP contribution < -0.4 is 15.8 Å². The summed E-state index contributed by atoms with van der Waals surface area (Å²) in [6.45, 7) is 0.975. The zero-order valence-electron chi connectivity index (χ0n) is 10.5. The second kappa shape index (κ2) is 5.44. The van der Waals surface area contributed by atoms with E-state index in [-0.39, 0.29) is 4.90 Å². The van der Waals surface area contributed by atoms with Crippen LogP contribution in [0.4, 0.5) is 10.1 Å². The molecule has 2 rings (SSSR count). The van der Waals surface area contributed by atoms with Gasteiger partial charge in [0.25, 0.3) is 0 Å². The molecule has 1 aromatic carbocycles. The van der Waals surface area contributed by atoms with Crippen molar-refractivity contribution in [1.29, 1.82) is 0 Å². The van der Waals surface area contributed by atoms with Gasteiger partial charge in [-0.2, -0.15) is 0 Å². The van der Waals surface area contributed by atoms with Crippen molar-refractivity contribution < 1.29 is 12.8 Å². The average Bonchev–Trinajstić information content (AvgIpc) is 2.24. The Morgan fingerprint density at radius 2 is 2.05 bits per heavy atom. The molecule has 0 unspecified atom stereocenters. The first kappa shape index (κ1) is 14.2. The third-order valence-corrected chi connectivity index (χ3v) is 4.35. The van der Waals surface area contributed by atoms with E-state index in [9.17, 15) is 12.8 Å². The lowest BCUT2D eigenvalue weighted by Gasteiger charge is -2.39. The number of benzene rings is 1. The molecule has 0 bridgehead atoms. The molecule has 1 aliphatic rings.